The molecular weight excluding hydrogens is 678 g/mol. The molecule has 1 N–H and O–H groups in total. The Morgan fingerprint density at radius 3 is 2.60 bits per heavy atom. The third kappa shape index (κ3) is 6.68. The molecule has 0 saturated carbocycles. The molecular formula is C38H32FN3O6S2. The Labute approximate surface area is 296 Å². The van der Waals surface area contributed by atoms with Crippen molar-refractivity contribution >= 4 is 45.7 Å². The number of aromatic nitrogens is 2. The average molecular weight is 710 g/mol. The van der Waals surface area contributed by atoms with E-state index >= 15 is 0 Å². The van der Waals surface area contributed by atoms with E-state index in [0.29, 0.717) is 63.7 Å². The van der Waals surface area contributed by atoms with Crippen LogP contribution in [0.25, 0.3) is 5.76 Å². The van der Waals surface area contributed by atoms with Crippen molar-refractivity contribution < 1.29 is 33.3 Å². The molecule has 2 atom stereocenters. The Balaban J connectivity index is 1.28. The van der Waals surface area contributed by atoms with Crippen LogP contribution in [0.4, 0.5) is 9.52 Å². The van der Waals surface area contributed by atoms with Crippen molar-refractivity contribution in [3.05, 3.63) is 130 Å². The monoisotopic (exact) mass is 709 g/mol. The van der Waals surface area contributed by atoms with E-state index in [2.05, 4.69) is 10.2 Å². The minimum absolute atomic E-state index is 0.0181. The maximum absolute atomic E-state index is 14.3. The molecule has 1 amide bonds. The van der Waals surface area contributed by atoms with Crippen LogP contribution in [0.3, 0.4) is 0 Å². The summed E-state index contributed by atoms with van der Waals surface area (Å²) in [4.78, 5) is 29.0. The van der Waals surface area contributed by atoms with Gasteiger partial charge in [0.15, 0.2) is 15.8 Å². The molecule has 0 unspecified atom stereocenters. The maximum Gasteiger partial charge on any atom is 0.301 e. The van der Waals surface area contributed by atoms with Gasteiger partial charge >= 0.3 is 5.91 Å². The molecule has 7 rings (SSSR count). The van der Waals surface area contributed by atoms with E-state index in [0.717, 1.165) is 22.5 Å². The summed E-state index contributed by atoms with van der Waals surface area (Å²) < 4.78 is 32.7. The first-order valence-electron chi connectivity index (χ1n) is 16.0. The van der Waals surface area contributed by atoms with Crippen molar-refractivity contribution in [2.24, 2.45) is 0 Å². The van der Waals surface area contributed by atoms with Crippen molar-refractivity contribution in [2.45, 2.75) is 49.1 Å². The average Bonchev–Trinajstić information content (AvgIpc) is 3.82. The first-order valence-corrected chi connectivity index (χ1v) is 17.8. The zero-order chi connectivity index (χ0) is 34.8. The Morgan fingerprint density at radius 2 is 1.80 bits per heavy atom. The van der Waals surface area contributed by atoms with Crippen molar-refractivity contribution in [2.75, 3.05) is 11.5 Å². The number of amides is 1. The van der Waals surface area contributed by atoms with Crippen LogP contribution in [0.2, 0.25) is 0 Å². The molecule has 0 aliphatic carbocycles. The Bertz CT molecular complexity index is 2100. The van der Waals surface area contributed by atoms with Crippen LogP contribution in [0.15, 0.2) is 101 Å². The number of Topliss-reactive ketones (excluding diaryl/α,β-unsaturated/α-hetero) is 1. The van der Waals surface area contributed by atoms with E-state index in [4.69, 9.17) is 14.2 Å². The standard InChI is InChI=1S/C38H32FN3O6S2/c1-3-46-31-19-24(13-16-30(31)47-20-23-9-5-4-6-10-23)33-32(34(43)25-14-15-29-27(18-25)17-22(2)48-29)35(44)36(45)42(33)37-40-41-38(50-37)49-21-26-11-7-8-12-28(26)39/h4-16,18-19,22,33,43H,3,17,20-21H2,1-2H3/t22-,33+/m1/s1. The highest BCUT2D eigenvalue weighted by atomic mass is 32.2. The number of rotatable bonds is 11. The largest absolute Gasteiger partial charge is 0.507 e. The zero-order valence-corrected chi connectivity index (χ0v) is 28.8. The van der Waals surface area contributed by atoms with Gasteiger partial charge in [-0.15, -0.1) is 10.2 Å². The lowest BCUT2D eigenvalue weighted by atomic mass is 9.94. The highest BCUT2D eigenvalue weighted by Gasteiger charge is 2.48. The number of ether oxygens (including phenoxy) is 3. The molecule has 0 radical (unpaired) electrons. The molecule has 254 valence electrons. The minimum atomic E-state index is -1.07. The molecule has 2 aliphatic rings. The van der Waals surface area contributed by atoms with Gasteiger partial charge in [0, 0.05) is 17.7 Å². The minimum Gasteiger partial charge on any atom is -0.507 e. The second-order valence-corrected chi connectivity index (χ2v) is 13.9. The molecule has 12 heteroatoms. The van der Waals surface area contributed by atoms with E-state index in [1.54, 1.807) is 54.6 Å². The number of benzene rings is 4. The van der Waals surface area contributed by atoms with Gasteiger partial charge in [0.2, 0.25) is 5.13 Å². The Hall–Kier alpha value is -5.20. The van der Waals surface area contributed by atoms with E-state index in [9.17, 15) is 19.1 Å². The van der Waals surface area contributed by atoms with Crippen molar-refractivity contribution in [1.29, 1.82) is 0 Å². The summed E-state index contributed by atoms with van der Waals surface area (Å²) >= 11 is 2.37. The van der Waals surface area contributed by atoms with E-state index < -0.39 is 17.7 Å². The van der Waals surface area contributed by atoms with Gasteiger partial charge in [-0.05, 0) is 72.5 Å². The SMILES string of the molecule is CCOc1cc([C@H]2C(=C(O)c3ccc4c(c3)C[C@@H](C)O4)C(=O)C(=O)N2c2nnc(SCc3ccccc3F)s2)ccc1OCc1ccccc1. The number of aliphatic hydroxyl groups excluding tert-OH is 1. The summed E-state index contributed by atoms with van der Waals surface area (Å²) in [5, 5.41) is 20.5. The number of hydrogen-bond acceptors (Lipinski definition) is 10. The lowest BCUT2D eigenvalue weighted by molar-refractivity contribution is -0.132. The van der Waals surface area contributed by atoms with E-state index in [1.807, 2.05) is 44.2 Å². The number of thioether (sulfide) groups is 1. The Morgan fingerprint density at radius 1 is 1.00 bits per heavy atom. The molecule has 2 aliphatic heterocycles. The highest BCUT2D eigenvalue weighted by Crippen LogP contribution is 2.46. The first-order chi connectivity index (χ1) is 24.3. The molecule has 9 nitrogen and oxygen atoms in total. The molecule has 5 aromatic rings. The van der Waals surface area contributed by atoms with Gasteiger partial charge in [-0.1, -0.05) is 77.7 Å². The molecule has 1 fully saturated rings. The number of fused-ring (bicyclic) bond motifs is 1. The molecule has 1 aromatic heterocycles. The zero-order valence-electron chi connectivity index (χ0n) is 27.2. The molecule has 3 heterocycles. The summed E-state index contributed by atoms with van der Waals surface area (Å²) in [5.74, 6) is -0.474. The van der Waals surface area contributed by atoms with Gasteiger partial charge in [0.25, 0.3) is 5.78 Å². The normalized spacial score (nSPS) is 17.9. The predicted molar refractivity (Wildman–Crippen MR) is 189 cm³/mol. The van der Waals surface area contributed by atoms with E-state index in [1.165, 1.54) is 22.7 Å². The van der Waals surface area contributed by atoms with Gasteiger partial charge in [-0.25, -0.2) is 4.39 Å². The number of aliphatic hydroxyl groups is 1. The van der Waals surface area contributed by atoms with Crippen molar-refractivity contribution in [3.63, 3.8) is 0 Å². The second kappa shape index (κ2) is 14.3. The molecule has 1 saturated heterocycles. The van der Waals surface area contributed by atoms with Crippen molar-refractivity contribution in [3.8, 4) is 17.2 Å². The van der Waals surface area contributed by atoms with E-state index in [-0.39, 0.29) is 28.4 Å². The number of carbonyl (C=O) groups excluding carboxylic acids is 2. The second-order valence-electron chi connectivity index (χ2n) is 11.8. The van der Waals surface area contributed by atoms with Gasteiger partial charge in [0.05, 0.1) is 18.2 Å². The number of hydrogen-bond donors (Lipinski definition) is 1. The fourth-order valence-corrected chi connectivity index (χ4v) is 7.85. The van der Waals surface area contributed by atoms with Gasteiger partial charge in [-0.3, -0.25) is 14.5 Å². The Kier molecular flexibility index (Phi) is 9.55. The lowest BCUT2D eigenvalue weighted by Gasteiger charge is -2.24. The lowest BCUT2D eigenvalue weighted by Crippen LogP contribution is -2.29. The molecule has 0 spiro atoms. The molecule has 0 bridgehead atoms. The topological polar surface area (TPSA) is 111 Å². The summed E-state index contributed by atoms with van der Waals surface area (Å²) in [6.07, 6.45) is 0.629. The molecule has 4 aromatic carbocycles. The number of nitrogens with zero attached hydrogens (tertiary/aromatic N) is 3. The highest BCUT2D eigenvalue weighted by molar-refractivity contribution is 8.00. The smallest absolute Gasteiger partial charge is 0.301 e. The van der Waals surface area contributed by atoms with Crippen LogP contribution in [-0.2, 0) is 28.4 Å². The third-order valence-electron chi connectivity index (χ3n) is 8.35. The maximum atomic E-state index is 14.3. The summed E-state index contributed by atoms with van der Waals surface area (Å²) in [6.45, 7) is 4.44. The van der Waals surface area contributed by atoms with Crippen LogP contribution in [-0.4, -0.2) is 39.7 Å². The predicted octanol–water partition coefficient (Wildman–Crippen LogP) is 7.90. The number of carbonyl (C=O) groups is 2. The quantitative estimate of drug-likeness (QED) is 0.0481. The summed E-state index contributed by atoms with van der Waals surface area (Å²) in [6, 6.07) is 25.5. The van der Waals surface area contributed by atoms with Crippen LogP contribution in [0, 0.1) is 5.82 Å². The van der Waals surface area contributed by atoms with Crippen molar-refractivity contribution in [1.82, 2.24) is 10.2 Å². The summed E-state index contributed by atoms with van der Waals surface area (Å²) in [5.41, 5.74) is 3.15. The van der Waals surface area contributed by atoms with Crippen LogP contribution < -0.4 is 19.1 Å². The van der Waals surface area contributed by atoms with Crippen LogP contribution >= 0.6 is 23.1 Å². The fraction of sp³-hybridized carbons (Fsp3) is 0.211. The van der Waals surface area contributed by atoms with Crippen LogP contribution in [0.1, 0.15) is 47.7 Å². The number of halogens is 1. The fourth-order valence-electron chi connectivity index (χ4n) is 6.00. The number of ketones is 1. The van der Waals surface area contributed by atoms with Gasteiger partial charge in [-0.2, -0.15) is 0 Å². The van der Waals surface area contributed by atoms with Gasteiger partial charge in [0.1, 0.15) is 30.0 Å². The van der Waals surface area contributed by atoms with Crippen LogP contribution in [0.5, 0.6) is 17.2 Å². The first kappa shape index (κ1) is 33.3. The molecule has 50 heavy (non-hydrogen) atoms. The third-order valence-corrected chi connectivity index (χ3v) is 10.4. The number of anilines is 1. The van der Waals surface area contributed by atoms with Gasteiger partial charge < -0.3 is 19.3 Å². The summed E-state index contributed by atoms with van der Waals surface area (Å²) in [7, 11) is 0.